The Morgan fingerprint density at radius 3 is 2.83 bits per heavy atom. The first-order chi connectivity index (χ1) is 8.59. The van der Waals surface area contributed by atoms with E-state index >= 15 is 0 Å². The van der Waals surface area contributed by atoms with Gasteiger partial charge in [-0.2, -0.15) is 0 Å². The van der Waals surface area contributed by atoms with Gasteiger partial charge >= 0.3 is 0 Å². The maximum Gasteiger partial charge on any atom is 0.125 e. The van der Waals surface area contributed by atoms with Crippen LogP contribution in [0, 0.1) is 5.41 Å². The van der Waals surface area contributed by atoms with Crippen molar-refractivity contribution in [2.75, 3.05) is 25.0 Å². The molecule has 0 spiro atoms. The zero-order valence-electron chi connectivity index (χ0n) is 11.9. The van der Waals surface area contributed by atoms with E-state index in [1.54, 1.807) is 0 Å². The van der Waals surface area contributed by atoms with Crippen molar-refractivity contribution in [2.45, 2.75) is 40.2 Å². The van der Waals surface area contributed by atoms with Crippen molar-refractivity contribution < 1.29 is 0 Å². The average Bonchev–Trinajstić information content (AvgIpc) is 2.31. The van der Waals surface area contributed by atoms with Gasteiger partial charge in [-0.1, -0.05) is 19.9 Å². The Morgan fingerprint density at radius 2 is 2.22 bits per heavy atom. The summed E-state index contributed by atoms with van der Waals surface area (Å²) in [6.07, 6.45) is 4.66. The molecule has 0 radical (unpaired) electrons. The van der Waals surface area contributed by atoms with Crippen molar-refractivity contribution >= 4 is 5.82 Å². The summed E-state index contributed by atoms with van der Waals surface area (Å²) in [7, 11) is 0. The Bertz CT molecular complexity index is 370. The van der Waals surface area contributed by atoms with Gasteiger partial charge in [0.25, 0.3) is 0 Å². The number of nitrogens with one attached hydrogen (secondary N) is 1. The number of rotatable bonds is 4. The molecule has 0 atom stereocenters. The smallest absolute Gasteiger partial charge is 0.125 e. The first-order valence-electron chi connectivity index (χ1n) is 7.00. The molecule has 0 saturated carbocycles. The molecule has 1 aromatic rings. The summed E-state index contributed by atoms with van der Waals surface area (Å²) in [4.78, 5) is 6.98. The summed E-state index contributed by atoms with van der Waals surface area (Å²) in [5, 5.41) is 3.23. The lowest BCUT2D eigenvalue weighted by atomic mass is 9.84. The van der Waals surface area contributed by atoms with Crippen LogP contribution in [-0.4, -0.2) is 29.5 Å². The highest BCUT2D eigenvalue weighted by atomic mass is 15.1. The molecule has 1 aromatic heterocycles. The number of pyridine rings is 1. The quantitative estimate of drug-likeness (QED) is 0.886. The largest absolute Gasteiger partial charge is 0.370 e. The monoisotopic (exact) mass is 247 g/mol. The van der Waals surface area contributed by atoms with E-state index in [1.807, 2.05) is 6.20 Å². The van der Waals surface area contributed by atoms with Crippen LogP contribution in [0.15, 0.2) is 18.3 Å². The molecule has 1 fully saturated rings. The van der Waals surface area contributed by atoms with Crippen molar-refractivity contribution in [3.63, 3.8) is 0 Å². The van der Waals surface area contributed by atoms with Gasteiger partial charge in [0.1, 0.15) is 5.82 Å². The molecule has 2 heterocycles. The lowest BCUT2D eigenvalue weighted by Crippen LogP contribution is -2.39. The number of aromatic nitrogens is 1. The van der Waals surface area contributed by atoms with Gasteiger partial charge in [0.05, 0.1) is 0 Å². The van der Waals surface area contributed by atoms with E-state index in [9.17, 15) is 0 Å². The van der Waals surface area contributed by atoms with Crippen LogP contribution in [-0.2, 0) is 6.54 Å². The van der Waals surface area contributed by atoms with Crippen molar-refractivity contribution in [2.24, 2.45) is 5.41 Å². The Morgan fingerprint density at radius 1 is 1.39 bits per heavy atom. The van der Waals surface area contributed by atoms with Gasteiger partial charge in [-0.3, -0.25) is 4.90 Å². The van der Waals surface area contributed by atoms with Crippen LogP contribution in [0.1, 0.15) is 39.2 Å². The molecule has 3 heteroatoms. The first kappa shape index (κ1) is 13.3. The van der Waals surface area contributed by atoms with Gasteiger partial charge in [-0.05, 0) is 43.4 Å². The Labute approximate surface area is 111 Å². The minimum Gasteiger partial charge on any atom is -0.370 e. The van der Waals surface area contributed by atoms with Gasteiger partial charge in [0, 0.05) is 25.8 Å². The molecule has 1 aliphatic heterocycles. The lowest BCUT2D eigenvalue weighted by molar-refractivity contribution is 0.111. The molecule has 1 saturated heterocycles. The number of hydrogen-bond acceptors (Lipinski definition) is 3. The third-order valence-corrected chi connectivity index (χ3v) is 3.57. The van der Waals surface area contributed by atoms with Gasteiger partial charge in [0.15, 0.2) is 0 Å². The predicted molar refractivity (Wildman–Crippen MR) is 76.7 cm³/mol. The summed E-state index contributed by atoms with van der Waals surface area (Å²) in [6.45, 7) is 11.2. The molecule has 0 aliphatic carbocycles. The molecule has 1 aliphatic rings. The van der Waals surface area contributed by atoms with Crippen LogP contribution in [0.2, 0.25) is 0 Å². The molecule has 0 aromatic carbocycles. The minimum atomic E-state index is 0.468. The fourth-order valence-electron chi connectivity index (χ4n) is 2.74. The number of hydrogen-bond donors (Lipinski definition) is 1. The van der Waals surface area contributed by atoms with E-state index in [2.05, 4.69) is 48.1 Å². The summed E-state index contributed by atoms with van der Waals surface area (Å²) in [5.41, 5.74) is 1.78. The first-order valence-corrected chi connectivity index (χ1v) is 7.00. The van der Waals surface area contributed by atoms with Crippen LogP contribution in [0.5, 0.6) is 0 Å². The Hall–Kier alpha value is -1.09. The molecular weight excluding hydrogens is 222 g/mol. The van der Waals surface area contributed by atoms with Gasteiger partial charge in [-0.15, -0.1) is 0 Å². The normalized spacial score (nSPS) is 19.7. The standard InChI is InChI=1S/C15H25N3/c1-4-16-14-7-6-13(10-17-14)11-18-9-5-8-15(2,3)12-18/h6-7,10H,4-5,8-9,11-12H2,1-3H3,(H,16,17). The van der Waals surface area contributed by atoms with Crippen LogP contribution < -0.4 is 5.32 Å². The van der Waals surface area contributed by atoms with Gasteiger partial charge in [-0.25, -0.2) is 4.98 Å². The van der Waals surface area contributed by atoms with E-state index in [0.717, 1.165) is 18.9 Å². The Balaban J connectivity index is 1.92. The molecular formula is C15H25N3. The molecule has 100 valence electrons. The number of piperidine rings is 1. The molecule has 18 heavy (non-hydrogen) atoms. The molecule has 0 bridgehead atoms. The van der Waals surface area contributed by atoms with E-state index < -0.39 is 0 Å². The maximum atomic E-state index is 4.43. The van der Waals surface area contributed by atoms with E-state index in [-0.39, 0.29) is 0 Å². The molecule has 3 nitrogen and oxygen atoms in total. The maximum absolute atomic E-state index is 4.43. The van der Waals surface area contributed by atoms with Gasteiger partial charge < -0.3 is 5.32 Å². The number of likely N-dealkylation sites (tertiary alicyclic amines) is 1. The van der Waals surface area contributed by atoms with Crippen LogP contribution in [0.4, 0.5) is 5.82 Å². The molecule has 1 N–H and O–H groups in total. The fourth-order valence-corrected chi connectivity index (χ4v) is 2.74. The third-order valence-electron chi connectivity index (χ3n) is 3.57. The lowest BCUT2D eigenvalue weighted by Gasteiger charge is -2.38. The highest BCUT2D eigenvalue weighted by molar-refractivity contribution is 5.35. The summed E-state index contributed by atoms with van der Waals surface area (Å²) >= 11 is 0. The van der Waals surface area contributed by atoms with Crippen molar-refractivity contribution in [1.29, 1.82) is 0 Å². The van der Waals surface area contributed by atoms with E-state index in [0.29, 0.717) is 5.41 Å². The van der Waals surface area contributed by atoms with Gasteiger partial charge in [0.2, 0.25) is 0 Å². The minimum absolute atomic E-state index is 0.468. The zero-order valence-corrected chi connectivity index (χ0v) is 11.9. The highest BCUT2D eigenvalue weighted by Crippen LogP contribution is 2.29. The third kappa shape index (κ3) is 3.70. The second-order valence-corrected chi connectivity index (χ2v) is 6.06. The second-order valence-electron chi connectivity index (χ2n) is 6.06. The van der Waals surface area contributed by atoms with Crippen molar-refractivity contribution in [3.05, 3.63) is 23.9 Å². The van der Waals surface area contributed by atoms with Crippen LogP contribution in [0.25, 0.3) is 0 Å². The SMILES string of the molecule is CCNc1ccc(CN2CCCC(C)(C)C2)cn1. The van der Waals surface area contributed by atoms with Crippen LogP contribution in [0.3, 0.4) is 0 Å². The molecule has 0 unspecified atom stereocenters. The van der Waals surface area contributed by atoms with Crippen molar-refractivity contribution in [1.82, 2.24) is 9.88 Å². The molecule has 2 rings (SSSR count). The number of nitrogens with zero attached hydrogens (tertiary/aromatic N) is 2. The topological polar surface area (TPSA) is 28.2 Å². The Kier molecular flexibility index (Phi) is 4.23. The summed E-state index contributed by atoms with van der Waals surface area (Å²) < 4.78 is 0. The average molecular weight is 247 g/mol. The van der Waals surface area contributed by atoms with E-state index in [4.69, 9.17) is 0 Å². The van der Waals surface area contributed by atoms with E-state index in [1.165, 1.54) is 31.5 Å². The summed E-state index contributed by atoms with van der Waals surface area (Å²) in [6, 6.07) is 4.26. The van der Waals surface area contributed by atoms with Crippen LogP contribution >= 0.6 is 0 Å². The highest BCUT2D eigenvalue weighted by Gasteiger charge is 2.26. The fraction of sp³-hybridized carbons (Fsp3) is 0.667. The summed E-state index contributed by atoms with van der Waals surface area (Å²) in [5.74, 6) is 0.972. The number of anilines is 1. The zero-order chi connectivity index (χ0) is 13.0. The van der Waals surface area contributed by atoms with Crippen molar-refractivity contribution in [3.8, 4) is 0 Å². The predicted octanol–water partition coefficient (Wildman–Crippen LogP) is 3.14. The molecule has 0 amide bonds. The second kappa shape index (κ2) is 5.70.